The van der Waals surface area contributed by atoms with Crippen LogP contribution in [0, 0.1) is 6.92 Å². The minimum Gasteiger partial charge on any atom is -0.382 e. The number of rotatable bonds is 11. The van der Waals surface area contributed by atoms with Crippen LogP contribution >= 0.6 is 24.0 Å². The number of likely N-dealkylation sites (N-methyl/N-ethyl adjacent to an activating group) is 2. The van der Waals surface area contributed by atoms with E-state index in [1.54, 1.807) is 0 Å². The summed E-state index contributed by atoms with van der Waals surface area (Å²) < 4.78 is 7.29. The van der Waals surface area contributed by atoms with Gasteiger partial charge in [-0.1, -0.05) is 0 Å². The Morgan fingerprint density at radius 1 is 1.25 bits per heavy atom. The highest BCUT2D eigenvalue weighted by molar-refractivity contribution is 14.0. The van der Waals surface area contributed by atoms with Crippen molar-refractivity contribution in [1.82, 2.24) is 29.9 Å². The zero-order valence-corrected chi connectivity index (χ0v) is 20.4. The molecular formula is C18H36IN7O2. The third-order valence-electron chi connectivity index (χ3n) is 4.36. The van der Waals surface area contributed by atoms with Crippen molar-refractivity contribution in [2.75, 3.05) is 46.4 Å². The molecule has 0 fully saturated rings. The summed E-state index contributed by atoms with van der Waals surface area (Å²) in [5.74, 6) is 2.38. The molecule has 28 heavy (non-hydrogen) atoms. The van der Waals surface area contributed by atoms with Crippen molar-refractivity contribution in [3.05, 3.63) is 11.6 Å². The van der Waals surface area contributed by atoms with Crippen molar-refractivity contribution in [3.63, 3.8) is 0 Å². The van der Waals surface area contributed by atoms with Crippen LogP contribution in [0.4, 0.5) is 0 Å². The van der Waals surface area contributed by atoms with Crippen LogP contribution in [0.3, 0.4) is 0 Å². The van der Waals surface area contributed by atoms with E-state index >= 15 is 0 Å². The first-order valence-electron chi connectivity index (χ1n) is 9.64. The van der Waals surface area contributed by atoms with Crippen LogP contribution in [0.2, 0.25) is 0 Å². The Bertz CT molecular complexity index is 603. The fourth-order valence-corrected chi connectivity index (χ4v) is 2.52. The molecule has 0 atom stereocenters. The number of ether oxygens (including phenoxy) is 1. The largest absolute Gasteiger partial charge is 0.382 e. The van der Waals surface area contributed by atoms with E-state index < -0.39 is 0 Å². The first-order chi connectivity index (χ1) is 12.9. The highest BCUT2D eigenvalue weighted by Crippen LogP contribution is 2.01. The number of hydrogen-bond donors (Lipinski definition) is 1. The molecule has 10 heteroatoms. The predicted molar refractivity (Wildman–Crippen MR) is 122 cm³/mol. The molecule has 0 radical (unpaired) electrons. The molecule has 0 aliphatic carbocycles. The molecule has 9 nitrogen and oxygen atoms in total. The second-order valence-corrected chi connectivity index (χ2v) is 6.26. The molecule has 1 amide bonds. The van der Waals surface area contributed by atoms with Crippen molar-refractivity contribution in [1.29, 1.82) is 0 Å². The lowest BCUT2D eigenvalue weighted by atomic mass is 10.4. The summed E-state index contributed by atoms with van der Waals surface area (Å²) in [5.41, 5.74) is 0. The van der Waals surface area contributed by atoms with Gasteiger partial charge in [0, 0.05) is 46.9 Å². The van der Waals surface area contributed by atoms with Gasteiger partial charge in [0.2, 0.25) is 5.91 Å². The number of aromatic nitrogens is 3. The molecule has 0 saturated heterocycles. The molecule has 162 valence electrons. The number of nitrogens with one attached hydrogen (secondary N) is 1. The molecule has 1 N–H and O–H groups in total. The van der Waals surface area contributed by atoms with Gasteiger partial charge in [0.05, 0.1) is 6.54 Å². The van der Waals surface area contributed by atoms with Crippen molar-refractivity contribution in [2.24, 2.45) is 12.0 Å². The fraction of sp³-hybridized carbons (Fsp3) is 0.778. The van der Waals surface area contributed by atoms with Crippen molar-refractivity contribution < 1.29 is 9.53 Å². The van der Waals surface area contributed by atoms with Gasteiger partial charge < -0.3 is 24.4 Å². The summed E-state index contributed by atoms with van der Waals surface area (Å²) in [6.45, 7) is 12.1. The SMILES string of the molecule is CCOCCCNC(=NCc1nnc(C)n1C)N(C)CC(=O)N(CC)CC.I. The summed E-state index contributed by atoms with van der Waals surface area (Å²) in [6.07, 6.45) is 0.869. The Hall–Kier alpha value is -1.43. The molecule has 0 aliphatic heterocycles. The Balaban J connectivity index is 0.00000729. The monoisotopic (exact) mass is 509 g/mol. The van der Waals surface area contributed by atoms with Crippen molar-refractivity contribution in [2.45, 2.75) is 40.7 Å². The number of guanidine groups is 1. The lowest BCUT2D eigenvalue weighted by molar-refractivity contribution is -0.131. The molecule has 0 unspecified atom stereocenters. The zero-order valence-electron chi connectivity index (χ0n) is 18.1. The fourth-order valence-electron chi connectivity index (χ4n) is 2.52. The van der Waals surface area contributed by atoms with E-state index in [0.29, 0.717) is 38.8 Å². The molecule has 1 rings (SSSR count). The van der Waals surface area contributed by atoms with Crippen LogP contribution in [0.5, 0.6) is 0 Å². The molecule has 0 bridgehead atoms. The second-order valence-electron chi connectivity index (χ2n) is 6.26. The molecule has 0 saturated carbocycles. The van der Waals surface area contributed by atoms with Gasteiger partial charge in [0.15, 0.2) is 11.8 Å². The highest BCUT2D eigenvalue weighted by atomic mass is 127. The van der Waals surface area contributed by atoms with E-state index in [9.17, 15) is 4.79 Å². The number of amides is 1. The Kier molecular flexibility index (Phi) is 13.8. The Labute approximate surface area is 185 Å². The summed E-state index contributed by atoms with van der Waals surface area (Å²) in [7, 11) is 3.79. The van der Waals surface area contributed by atoms with Gasteiger partial charge in [0.25, 0.3) is 0 Å². The summed E-state index contributed by atoms with van der Waals surface area (Å²) in [5, 5.41) is 11.5. The van der Waals surface area contributed by atoms with E-state index in [1.165, 1.54) is 0 Å². The van der Waals surface area contributed by atoms with Crippen LogP contribution in [0.25, 0.3) is 0 Å². The Morgan fingerprint density at radius 2 is 1.93 bits per heavy atom. The maximum atomic E-state index is 12.4. The highest BCUT2D eigenvalue weighted by Gasteiger charge is 2.15. The molecule has 1 heterocycles. The van der Waals surface area contributed by atoms with Gasteiger partial charge in [-0.05, 0) is 34.1 Å². The zero-order chi connectivity index (χ0) is 20.2. The van der Waals surface area contributed by atoms with Gasteiger partial charge >= 0.3 is 0 Å². The summed E-state index contributed by atoms with van der Waals surface area (Å²) in [4.78, 5) is 20.7. The van der Waals surface area contributed by atoms with Crippen LogP contribution in [-0.4, -0.2) is 82.9 Å². The van der Waals surface area contributed by atoms with Gasteiger partial charge in [-0.25, -0.2) is 4.99 Å². The van der Waals surface area contributed by atoms with Crippen molar-refractivity contribution in [3.8, 4) is 0 Å². The van der Waals surface area contributed by atoms with E-state index in [4.69, 9.17) is 4.74 Å². The number of carbonyl (C=O) groups excluding carboxylic acids is 1. The average Bonchev–Trinajstić information content (AvgIpc) is 2.96. The maximum Gasteiger partial charge on any atom is 0.242 e. The number of aliphatic imine (C=N–C) groups is 1. The summed E-state index contributed by atoms with van der Waals surface area (Å²) in [6, 6.07) is 0. The lowest BCUT2D eigenvalue weighted by Gasteiger charge is -2.26. The number of carbonyl (C=O) groups is 1. The minimum absolute atomic E-state index is 0. The van der Waals surface area contributed by atoms with Gasteiger partial charge in [-0.3, -0.25) is 4.79 Å². The number of hydrogen-bond acceptors (Lipinski definition) is 5. The number of nitrogens with zero attached hydrogens (tertiary/aromatic N) is 6. The van der Waals surface area contributed by atoms with Crippen molar-refractivity contribution >= 4 is 35.8 Å². The maximum absolute atomic E-state index is 12.4. The van der Waals surface area contributed by atoms with Gasteiger partial charge in [-0.15, -0.1) is 34.2 Å². The molecule has 0 spiro atoms. The van der Waals surface area contributed by atoms with Crippen LogP contribution in [0.15, 0.2) is 4.99 Å². The van der Waals surface area contributed by atoms with Gasteiger partial charge in [-0.2, -0.15) is 0 Å². The first kappa shape index (κ1) is 26.6. The van der Waals surface area contributed by atoms with Crippen LogP contribution in [-0.2, 0) is 23.1 Å². The molecule has 0 aromatic carbocycles. The topological polar surface area (TPSA) is 87.9 Å². The summed E-state index contributed by atoms with van der Waals surface area (Å²) >= 11 is 0. The quantitative estimate of drug-likeness (QED) is 0.210. The first-order valence-corrected chi connectivity index (χ1v) is 9.64. The van der Waals surface area contributed by atoms with E-state index in [0.717, 1.165) is 24.6 Å². The van der Waals surface area contributed by atoms with E-state index in [1.807, 2.05) is 56.2 Å². The second kappa shape index (κ2) is 14.6. The van der Waals surface area contributed by atoms with Gasteiger partial charge in [0.1, 0.15) is 12.4 Å². The van der Waals surface area contributed by atoms with Crippen LogP contribution < -0.4 is 5.32 Å². The molecular weight excluding hydrogens is 473 g/mol. The normalized spacial score (nSPS) is 11.1. The molecule has 1 aromatic rings. The van der Waals surface area contributed by atoms with E-state index in [2.05, 4.69) is 20.5 Å². The standard InChI is InChI=1S/C18H35N7O2.HI/c1-7-25(8-2)17(26)14-23(5)18(19-11-10-12-27-9-3)20-13-16-22-21-15(4)24(16)6;/h7-14H2,1-6H3,(H,19,20);1H. The smallest absolute Gasteiger partial charge is 0.242 e. The molecule has 0 aliphatic rings. The third kappa shape index (κ3) is 8.72. The minimum atomic E-state index is 0. The average molecular weight is 509 g/mol. The van der Waals surface area contributed by atoms with Crippen LogP contribution in [0.1, 0.15) is 38.8 Å². The lowest BCUT2D eigenvalue weighted by Crippen LogP contribution is -2.46. The number of aryl methyl sites for hydroxylation is 1. The van der Waals surface area contributed by atoms with E-state index in [-0.39, 0.29) is 36.4 Å². The predicted octanol–water partition coefficient (Wildman–Crippen LogP) is 1.41. The number of halogens is 1. The molecule has 1 aromatic heterocycles. The Morgan fingerprint density at radius 3 is 2.46 bits per heavy atom. The third-order valence-corrected chi connectivity index (χ3v) is 4.36.